The zero-order chi connectivity index (χ0) is 30.3. The lowest BCUT2D eigenvalue weighted by atomic mass is 9.80. The highest BCUT2D eigenvalue weighted by atomic mass is 28.3. The summed E-state index contributed by atoms with van der Waals surface area (Å²) in [5.41, 5.74) is 10.4. The van der Waals surface area contributed by atoms with Gasteiger partial charge in [-0.1, -0.05) is 113 Å². The minimum atomic E-state index is -1.67. The van der Waals surface area contributed by atoms with Gasteiger partial charge in [-0.3, -0.25) is 0 Å². The molecule has 0 aliphatic rings. The van der Waals surface area contributed by atoms with Gasteiger partial charge in [0.25, 0.3) is 0 Å². The number of nitrogens with zero attached hydrogens (tertiary/aromatic N) is 2. The van der Waals surface area contributed by atoms with Crippen LogP contribution in [0.5, 0.6) is 0 Å². The number of fused-ring (bicyclic) bond motifs is 5. The van der Waals surface area contributed by atoms with Crippen LogP contribution in [-0.2, 0) is 12.5 Å². The van der Waals surface area contributed by atoms with Crippen LogP contribution in [0.2, 0.25) is 19.6 Å². The van der Waals surface area contributed by atoms with Gasteiger partial charge in [-0.15, -0.1) is 0 Å². The summed E-state index contributed by atoms with van der Waals surface area (Å²) in [4.78, 5) is 0. The van der Waals surface area contributed by atoms with Crippen molar-refractivity contribution in [1.82, 2.24) is 4.57 Å². The Bertz CT molecular complexity index is 2220. The predicted molar refractivity (Wildman–Crippen MR) is 189 cm³/mol. The molecule has 0 unspecified atom stereocenters. The van der Waals surface area contributed by atoms with Crippen LogP contribution in [0.15, 0.2) is 103 Å². The monoisotopic (exact) mass is 577 g/mol. The first-order valence-electron chi connectivity index (χ1n) is 15.4. The summed E-state index contributed by atoms with van der Waals surface area (Å²) in [6.07, 6.45) is 0. The lowest BCUT2D eigenvalue weighted by molar-refractivity contribution is -0.633. The molecule has 7 aromatic rings. The number of aryl methyl sites for hydroxylation is 2. The number of hydrogen-bond acceptors (Lipinski definition) is 0. The molecule has 0 fully saturated rings. The second kappa shape index (κ2) is 9.65. The summed E-state index contributed by atoms with van der Waals surface area (Å²) < 4.78 is 4.97. The van der Waals surface area contributed by atoms with E-state index in [9.17, 15) is 0 Å². The average Bonchev–Trinajstić information content (AvgIpc) is 3.31. The maximum Gasteiger partial charge on any atom is 0.215 e. The minimum absolute atomic E-state index is 0.0133. The van der Waals surface area contributed by atoms with Gasteiger partial charge in [-0.25, -0.2) is 0 Å². The summed E-state index contributed by atoms with van der Waals surface area (Å²) in [7, 11) is 0.554. The van der Waals surface area contributed by atoms with Gasteiger partial charge in [0.1, 0.15) is 7.05 Å². The third-order valence-corrected chi connectivity index (χ3v) is 11.3. The van der Waals surface area contributed by atoms with Crippen molar-refractivity contribution in [1.29, 1.82) is 0 Å². The van der Waals surface area contributed by atoms with Gasteiger partial charge in [0, 0.05) is 22.9 Å². The van der Waals surface area contributed by atoms with Crippen LogP contribution in [0.1, 0.15) is 31.9 Å². The van der Waals surface area contributed by atoms with Crippen molar-refractivity contribution in [2.75, 3.05) is 0 Å². The quantitative estimate of drug-likeness (QED) is 0.146. The van der Waals surface area contributed by atoms with Crippen molar-refractivity contribution in [3.05, 3.63) is 114 Å². The molecule has 3 heteroatoms. The van der Waals surface area contributed by atoms with Crippen LogP contribution in [0, 0.1) is 6.92 Å². The van der Waals surface area contributed by atoms with E-state index in [0.717, 1.165) is 0 Å². The molecule has 0 N–H and O–H groups in total. The second-order valence-electron chi connectivity index (χ2n) is 14.2. The first-order valence-corrected chi connectivity index (χ1v) is 18.9. The molecule has 43 heavy (non-hydrogen) atoms. The summed E-state index contributed by atoms with van der Waals surface area (Å²) in [6.45, 7) is 16.7. The number of pyridine rings is 1. The first kappa shape index (κ1) is 27.6. The van der Waals surface area contributed by atoms with Gasteiger partial charge in [-0.05, 0) is 57.6 Å². The third kappa shape index (κ3) is 4.24. The number of para-hydroxylation sites is 3. The Labute approximate surface area is 256 Å². The molecule has 0 spiro atoms. The number of aromatic nitrogens is 2. The fourth-order valence-corrected chi connectivity index (χ4v) is 8.69. The Hall–Kier alpha value is -4.21. The standard InChI is InChI=1S/C40H41N2Si/c1-26-27-16-9-10-17-28(27)33(40(2,3)4)24-32(26)36-25-37(31-19-12-13-21-34(31)41(36)5)42-35-22-14-11-18-29(35)30-20-15-23-38(39(30)42)43(6,7)8/h9-25H,1-8H3/q+1. The molecule has 7 rings (SSSR count). The highest BCUT2D eigenvalue weighted by Gasteiger charge is 2.28. The maximum absolute atomic E-state index is 2.57. The molecule has 5 aromatic carbocycles. The van der Waals surface area contributed by atoms with E-state index in [2.05, 4.69) is 167 Å². The van der Waals surface area contributed by atoms with Crippen molar-refractivity contribution in [2.24, 2.45) is 7.05 Å². The average molecular weight is 578 g/mol. The van der Waals surface area contributed by atoms with Crippen molar-refractivity contribution >= 4 is 56.7 Å². The fourth-order valence-electron chi connectivity index (χ4n) is 7.14. The van der Waals surface area contributed by atoms with Crippen LogP contribution >= 0.6 is 0 Å². The Kier molecular flexibility index (Phi) is 6.20. The van der Waals surface area contributed by atoms with Gasteiger partial charge in [0.05, 0.1) is 35.7 Å². The lowest BCUT2D eigenvalue weighted by Gasteiger charge is -2.24. The topological polar surface area (TPSA) is 8.81 Å². The lowest BCUT2D eigenvalue weighted by Crippen LogP contribution is -2.39. The molecule has 2 heterocycles. The van der Waals surface area contributed by atoms with Gasteiger partial charge in [-0.2, -0.15) is 4.57 Å². The molecule has 0 saturated heterocycles. The molecule has 0 atom stereocenters. The van der Waals surface area contributed by atoms with Gasteiger partial charge >= 0.3 is 0 Å². The van der Waals surface area contributed by atoms with Crippen molar-refractivity contribution < 1.29 is 4.57 Å². The van der Waals surface area contributed by atoms with E-state index < -0.39 is 8.07 Å². The predicted octanol–water partition coefficient (Wildman–Crippen LogP) is 9.73. The third-order valence-electron chi connectivity index (χ3n) is 9.32. The Morgan fingerprint density at radius 3 is 1.95 bits per heavy atom. The van der Waals surface area contributed by atoms with E-state index in [1.165, 1.54) is 76.7 Å². The highest BCUT2D eigenvalue weighted by Crippen LogP contribution is 2.40. The molecule has 2 nitrogen and oxygen atoms in total. The van der Waals surface area contributed by atoms with Crippen LogP contribution in [-0.4, -0.2) is 12.6 Å². The van der Waals surface area contributed by atoms with Gasteiger partial charge in [0.2, 0.25) is 11.2 Å². The summed E-state index contributed by atoms with van der Waals surface area (Å²) >= 11 is 0. The van der Waals surface area contributed by atoms with Crippen molar-refractivity contribution in [3.8, 4) is 16.9 Å². The molecule has 2 aromatic heterocycles. The van der Waals surface area contributed by atoms with E-state index in [0.29, 0.717) is 0 Å². The Morgan fingerprint density at radius 2 is 1.26 bits per heavy atom. The Morgan fingerprint density at radius 1 is 0.651 bits per heavy atom. The normalized spacial score (nSPS) is 12.7. The van der Waals surface area contributed by atoms with Crippen molar-refractivity contribution in [2.45, 2.75) is 52.8 Å². The molecular weight excluding hydrogens is 537 g/mol. The second-order valence-corrected chi connectivity index (χ2v) is 19.2. The molecule has 0 saturated carbocycles. The smallest absolute Gasteiger partial charge is 0.215 e. The highest BCUT2D eigenvalue weighted by molar-refractivity contribution is 6.90. The molecule has 0 aliphatic heterocycles. The van der Waals surface area contributed by atoms with Crippen LogP contribution in [0.3, 0.4) is 0 Å². The largest absolute Gasteiger partial charge is 0.308 e. The number of benzene rings is 5. The maximum atomic E-state index is 2.57. The van der Waals surface area contributed by atoms with Crippen LogP contribution < -0.4 is 9.75 Å². The van der Waals surface area contributed by atoms with E-state index >= 15 is 0 Å². The zero-order valence-corrected chi connectivity index (χ0v) is 27.7. The van der Waals surface area contributed by atoms with Gasteiger partial charge in [0.15, 0.2) is 0 Å². The van der Waals surface area contributed by atoms with Crippen molar-refractivity contribution in [3.63, 3.8) is 0 Å². The van der Waals surface area contributed by atoms with E-state index in [1.807, 2.05) is 0 Å². The van der Waals surface area contributed by atoms with E-state index in [-0.39, 0.29) is 5.41 Å². The summed E-state index contributed by atoms with van der Waals surface area (Å²) in [5.74, 6) is 0. The molecule has 214 valence electrons. The number of hydrogen-bond donors (Lipinski definition) is 0. The summed E-state index contributed by atoms with van der Waals surface area (Å²) in [6, 6.07) is 38.6. The van der Waals surface area contributed by atoms with E-state index in [1.54, 1.807) is 0 Å². The zero-order valence-electron chi connectivity index (χ0n) is 26.7. The Balaban J connectivity index is 1.67. The molecule has 0 radical (unpaired) electrons. The fraction of sp³-hybridized carbons (Fsp3) is 0.225. The molecule has 0 bridgehead atoms. The number of rotatable bonds is 3. The van der Waals surface area contributed by atoms with Crippen LogP contribution in [0.4, 0.5) is 0 Å². The molecule has 0 aliphatic carbocycles. The summed E-state index contributed by atoms with van der Waals surface area (Å²) in [5, 5.41) is 8.09. The SMILES string of the molecule is Cc1c(-c2cc(-n3c4ccccc4c4cccc([Si](C)(C)C)c43)c3ccccc3[n+]2C)cc(C(C)(C)C)c2ccccc12. The molecule has 0 amide bonds. The first-order chi connectivity index (χ1) is 20.5. The van der Waals surface area contributed by atoms with Crippen LogP contribution in [0.25, 0.3) is 60.4 Å². The minimum Gasteiger partial charge on any atom is -0.308 e. The molecular formula is C40H41N2Si+. The van der Waals surface area contributed by atoms with Gasteiger partial charge < -0.3 is 4.57 Å². The van der Waals surface area contributed by atoms with E-state index in [4.69, 9.17) is 0 Å².